The van der Waals surface area contributed by atoms with Gasteiger partial charge in [0.2, 0.25) is 11.8 Å². The zero-order valence-corrected chi connectivity index (χ0v) is 12.3. The molecule has 1 aliphatic rings. The number of benzene rings is 2. The molecule has 2 aromatic carbocycles. The van der Waals surface area contributed by atoms with Gasteiger partial charge in [0.15, 0.2) is 0 Å². The summed E-state index contributed by atoms with van der Waals surface area (Å²) in [5, 5.41) is 5.73. The normalized spacial score (nSPS) is 12.6. The van der Waals surface area contributed by atoms with Crippen molar-refractivity contribution in [3.63, 3.8) is 0 Å². The van der Waals surface area contributed by atoms with Gasteiger partial charge >= 0.3 is 0 Å². The number of aryl methyl sites for hydroxylation is 1. The number of nitrogens with one attached hydrogen (secondary N) is 2. The molecule has 0 aromatic heterocycles. The van der Waals surface area contributed by atoms with Gasteiger partial charge in [0.05, 0.1) is 6.42 Å². The molecule has 0 atom stereocenters. The molecule has 0 saturated heterocycles. The van der Waals surface area contributed by atoms with Gasteiger partial charge in [-0.2, -0.15) is 0 Å². The van der Waals surface area contributed by atoms with Crippen LogP contribution in [0.3, 0.4) is 0 Å². The summed E-state index contributed by atoms with van der Waals surface area (Å²) in [7, 11) is 0. The standard InChI is InChI=1S/C18H18N2O2/c21-17(9-7-13-4-2-1-3-5-13)19-12-14-6-8-16-15(10-14)11-18(22)20-16/h1-6,8,10H,7,9,11-12H2,(H,19,21)(H,20,22). The van der Waals surface area contributed by atoms with Crippen molar-refractivity contribution in [1.82, 2.24) is 5.32 Å². The van der Waals surface area contributed by atoms with Crippen molar-refractivity contribution in [3.8, 4) is 0 Å². The number of rotatable bonds is 5. The molecule has 0 aliphatic carbocycles. The molecule has 0 unspecified atom stereocenters. The van der Waals surface area contributed by atoms with E-state index < -0.39 is 0 Å². The summed E-state index contributed by atoms with van der Waals surface area (Å²) in [6, 6.07) is 15.8. The molecule has 0 spiro atoms. The highest BCUT2D eigenvalue weighted by molar-refractivity contribution is 5.99. The third kappa shape index (κ3) is 3.52. The molecule has 1 heterocycles. The Bertz CT molecular complexity index is 695. The molecule has 2 amide bonds. The van der Waals surface area contributed by atoms with E-state index >= 15 is 0 Å². The van der Waals surface area contributed by atoms with Gasteiger partial charge in [-0.3, -0.25) is 9.59 Å². The van der Waals surface area contributed by atoms with Crippen LogP contribution in [-0.4, -0.2) is 11.8 Å². The highest BCUT2D eigenvalue weighted by Crippen LogP contribution is 2.23. The fourth-order valence-electron chi connectivity index (χ4n) is 2.58. The van der Waals surface area contributed by atoms with Crippen LogP contribution in [0, 0.1) is 0 Å². The van der Waals surface area contributed by atoms with Crippen LogP contribution in [0.5, 0.6) is 0 Å². The molecule has 2 N–H and O–H groups in total. The zero-order chi connectivity index (χ0) is 15.4. The number of amides is 2. The predicted molar refractivity (Wildman–Crippen MR) is 85.4 cm³/mol. The molecular formula is C18H18N2O2. The largest absolute Gasteiger partial charge is 0.352 e. The highest BCUT2D eigenvalue weighted by atomic mass is 16.2. The lowest BCUT2D eigenvalue weighted by Crippen LogP contribution is -2.23. The average molecular weight is 294 g/mol. The maximum absolute atomic E-state index is 11.9. The number of carbonyl (C=O) groups excluding carboxylic acids is 2. The van der Waals surface area contributed by atoms with E-state index in [-0.39, 0.29) is 11.8 Å². The minimum Gasteiger partial charge on any atom is -0.352 e. The molecule has 3 rings (SSSR count). The van der Waals surface area contributed by atoms with Crippen LogP contribution in [0.25, 0.3) is 0 Å². The Balaban J connectivity index is 1.49. The van der Waals surface area contributed by atoms with Gasteiger partial charge < -0.3 is 10.6 Å². The fraction of sp³-hybridized carbons (Fsp3) is 0.222. The number of fused-ring (bicyclic) bond motifs is 1. The summed E-state index contributed by atoms with van der Waals surface area (Å²) in [6.07, 6.45) is 1.65. The smallest absolute Gasteiger partial charge is 0.228 e. The van der Waals surface area contributed by atoms with Gasteiger partial charge in [0.1, 0.15) is 0 Å². The van der Waals surface area contributed by atoms with Crippen LogP contribution in [-0.2, 0) is 29.0 Å². The maximum atomic E-state index is 11.9. The van der Waals surface area contributed by atoms with Gasteiger partial charge in [-0.25, -0.2) is 0 Å². The van der Waals surface area contributed by atoms with E-state index in [2.05, 4.69) is 10.6 Å². The highest BCUT2D eigenvalue weighted by Gasteiger charge is 2.17. The van der Waals surface area contributed by atoms with Crippen molar-refractivity contribution < 1.29 is 9.59 Å². The first-order valence-electron chi connectivity index (χ1n) is 7.43. The van der Waals surface area contributed by atoms with Crippen molar-refractivity contribution in [2.24, 2.45) is 0 Å². The molecule has 22 heavy (non-hydrogen) atoms. The summed E-state index contributed by atoms with van der Waals surface area (Å²) in [5.41, 5.74) is 4.06. The van der Waals surface area contributed by atoms with Crippen LogP contribution in [0.15, 0.2) is 48.5 Å². The van der Waals surface area contributed by atoms with Gasteiger partial charge in [-0.1, -0.05) is 42.5 Å². The van der Waals surface area contributed by atoms with Gasteiger partial charge in [-0.15, -0.1) is 0 Å². The molecule has 0 radical (unpaired) electrons. The molecule has 2 aromatic rings. The number of anilines is 1. The quantitative estimate of drug-likeness (QED) is 0.890. The Morgan fingerprint density at radius 2 is 1.91 bits per heavy atom. The first-order chi connectivity index (χ1) is 10.7. The van der Waals surface area contributed by atoms with Crippen molar-refractivity contribution in [1.29, 1.82) is 0 Å². The second kappa shape index (κ2) is 6.43. The summed E-state index contributed by atoms with van der Waals surface area (Å²) in [5.74, 6) is 0.0672. The Morgan fingerprint density at radius 3 is 2.73 bits per heavy atom. The van der Waals surface area contributed by atoms with Crippen LogP contribution in [0.4, 0.5) is 5.69 Å². The predicted octanol–water partition coefficient (Wildman–Crippen LogP) is 2.43. The van der Waals surface area contributed by atoms with Crippen LogP contribution >= 0.6 is 0 Å². The molecule has 4 heteroatoms. The molecule has 0 fully saturated rings. The minimum atomic E-state index is 0.0269. The van der Waals surface area contributed by atoms with E-state index in [4.69, 9.17) is 0 Å². The molecule has 0 bridgehead atoms. The maximum Gasteiger partial charge on any atom is 0.228 e. The average Bonchev–Trinajstić information content (AvgIpc) is 2.91. The van der Waals surface area contributed by atoms with Gasteiger partial charge in [0.25, 0.3) is 0 Å². The van der Waals surface area contributed by atoms with E-state index in [1.807, 2.05) is 48.5 Å². The lowest BCUT2D eigenvalue weighted by Gasteiger charge is -2.07. The zero-order valence-electron chi connectivity index (χ0n) is 12.3. The molecule has 112 valence electrons. The Labute approximate surface area is 129 Å². The lowest BCUT2D eigenvalue weighted by molar-refractivity contribution is -0.121. The Morgan fingerprint density at radius 1 is 1.09 bits per heavy atom. The molecular weight excluding hydrogens is 276 g/mol. The first kappa shape index (κ1) is 14.3. The van der Waals surface area contributed by atoms with Crippen molar-refractivity contribution in [2.45, 2.75) is 25.8 Å². The van der Waals surface area contributed by atoms with Gasteiger partial charge in [-0.05, 0) is 29.2 Å². The summed E-state index contributed by atoms with van der Waals surface area (Å²) in [6.45, 7) is 0.495. The molecule has 0 saturated carbocycles. The number of hydrogen-bond acceptors (Lipinski definition) is 2. The van der Waals surface area contributed by atoms with Crippen molar-refractivity contribution in [3.05, 3.63) is 65.2 Å². The summed E-state index contributed by atoms with van der Waals surface area (Å²) >= 11 is 0. The number of hydrogen-bond donors (Lipinski definition) is 2. The summed E-state index contributed by atoms with van der Waals surface area (Å²) in [4.78, 5) is 23.2. The van der Waals surface area contributed by atoms with Crippen molar-refractivity contribution >= 4 is 17.5 Å². The van der Waals surface area contributed by atoms with E-state index in [9.17, 15) is 9.59 Å². The second-order valence-corrected chi connectivity index (χ2v) is 5.48. The Kier molecular flexibility index (Phi) is 4.19. The molecule has 4 nitrogen and oxygen atoms in total. The van der Waals surface area contributed by atoms with E-state index in [0.29, 0.717) is 19.4 Å². The SMILES string of the molecule is O=C(CCc1ccccc1)NCc1ccc2c(c1)CC(=O)N2. The second-order valence-electron chi connectivity index (χ2n) is 5.48. The first-order valence-corrected chi connectivity index (χ1v) is 7.43. The minimum absolute atomic E-state index is 0.0269. The van der Waals surface area contributed by atoms with E-state index in [0.717, 1.165) is 23.2 Å². The Hall–Kier alpha value is -2.62. The summed E-state index contributed by atoms with van der Waals surface area (Å²) < 4.78 is 0. The van der Waals surface area contributed by atoms with Crippen molar-refractivity contribution in [2.75, 3.05) is 5.32 Å². The third-order valence-electron chi connectivity index (χ3n) is 3.77. The monoisotopic (exact) mass is 294 g/mol. The molecule has 1 aliphatic heterocycles. The van der Waals surface area contributed by atoms with Gasteiger partial charge in [0, 0.05) is 18.7 Å². The topological polar surface area (TPSA) is 58.2 Å². The van der Waals surface area contributed by atoms with Crippen LogP contribution in [0.1, 0.15) is 23.1 Å². The lowest BCUT2D eigenvalue weighted by atomic mass is 10.1. The third-order valence-corrected chi connectivity index (χ3v) is 3.77. The number of carbonyl (C=O) groups is 2. The fourth-order valence-corrected chi connectivity index (χ4v) is 2.58. The van der Waals surface area contributed by atoms with E-state index in [1.165, 1.54) is 5.56 Å². The van der Waals surface area contributed by atoms with Crippen LogP contribution < -0.4 is 10.6 Å². The van der Waals surface area contributed by atoms with E-state index in [1.54, 1.807) is 0 Å². The van der Waals surface area contributed by atoms with Crippen LogP contribution in [0.2, 0.25) is 0 Å².